The predicted molar refractivity (Wildman–Crippen MR) is 123 cm³/mol. The van der Waals surface area contributed by atoms with Gasteiger partial charge in [-0.25, -0.2) is 23.5 Å². The lowest BCUT2D eigenvalue weighted by molar-refractivity contribution is -0.137. The first-order valence-electron chi connectivity index (χ1n) is 10.8. The Balaban J connectivity index is 1.78. The molecule has 178 valence electrons. The standard InChI is InChI=1S/C26H21F2N3O4/c1-3-35-24(32)22-15-21(19-14-18(27)7-8-20(19)28)29-23(30-22)17-6-4-5-16(13-17)9-10-26(34)11-12-31(2)25(26)33/h4-8,13-15,34H,3,11-12H2,1-2H3/t26-/m0/s1. The van der Waals surface area contributed by atoms with Gasteiger partial charge in [0.1, 0.15) is 11.6 Å². The largest absolute Gasteiger partial charge is 0.461 e. The summed E-state index contributed by atoms with van der Waals surface area (Å²) in [6, 6.07) is 10.8. The molecule has 0 radical (unpaired) electrons. The van der Waals surface area contributed by atoms with Gasteiger partial charge >= 0.3 is 5.97 Å². The van der Waals surface area contributed by atoms with E-state index < -0.39 is 29.1 Å². The van der Waals surface area contributed by atoms with Crippen molar-refractivity contribution >= 4 is 11.9 Å². The lowest BCUT2D eigenvalue weighted by Gasteiger charge is -2.13. The lowest BCUT2D eigenvalue weighted by atomic mass is 10.0. The molecule has 7 nitrogen and oxygen atoms in total. The van der Waals surface area contributed by atoms with Gasteiger partial charge in [-0.15, -0.1) is 0 Å². The van der Waals surface area contributed by atoms with Crippen LogP contribution >= 0.6 is 0 Å². The molecule has 1 fully saturated rings. The number of hydrogen-bond acceptors (Lipinski definition) is 6. The number of aromatic nitrogens is 2. The molecule has 1 N–H and O–H groups in total. The van der Waals surface area contributed by atoms with Crippen LogP contribution in [0.3, 0.4) is 0 Å². The van der Waals surface area contributed by atoms with Gasteiger partial charge < -0.3 is 14.7 Å². The zero-order chi connectivity index (χ0) is 25.2. The number of carbonyl (C=O) groups is 2. The van der Waals surface area contributed by atoms with Crippen LogP contribution in [-0.4, -0.2) is 57.7 Å². The fourth-order valence-electron chi connectivity index (χ4n) is 3.60. The number of rotatable bonds is 4. The smallest absolute Gasteiger partial charge is 0.357 e. The maximum atomic E-state index is 14.5. The molecule has 9 heteroatoms. The number of amides is 1. The third kappa shape index (κ3) is 5.03. The summed E-state index contributed by atoms with van der Waals surface area (Å²) in [4.78, 5) is 34.6. The first kappa shape index (κ1) is 24.0. The topological polar surface area (TPSA) is 92.6 Å². The second-order valence-electron chi connectivity index (χ2n) is 7.97. The van der Waals surface area contributed by atoms with Crippen LogP contribution in [-0.2, 0) is 9.53 Å². The van der Waals surface area contributed by atoms with Gasteiger partial charge in [0.2, 0.25) is 5.60 Å². The highest BCUT2D eigenvalue weighted by molar-refractivity contribution is 5.91. The summed E-state index contributed by atoms with van der Waals surface area (Å²) >= 11 is 0. The molecule has 35 heavy (non-hydrogen) atoms. The molecule has 3 aromatic rings. The fourth-order valence-corrected chi connectivity index (χ4v) is 3.60. The summed E-state index contributed by atoms with van der Waals surface area (Å²) in [7, 11) is 1.59. The van der Waals surface area contributed by atoms with Crippen LogP contribution in [0.5, 0.6) is 0 Å². The van der Waals surface area contributed by atoms with Gasteiger partial charge in [-0.2, -0.15) is 0 Å². The van der Waals surface area contributed by atoms with Crippen molar-refractivity contribution < 1.29 is 28.2 Å². The van der Waals surface area contributed by atoms with Gasteiger partial charge in [-0.1, -0.05) is 24.0 Å². The van der Waals surface area contributed by atoms with Crippen molar-refractivity contribution in [2.45, 2.75) is 18.9 Å². The van der Waals surface area contributed by atoms with Crippen molar-refractivity contribution in [3.05, 3.63) is 71.4 Å². The van der Waals surface area contributed by atoms with Crippen LogP contribution in [0.1, 0.15) is 29.4 Å². The van der Waals surface area contributed by atoms with Crippen molar-refractivity contribution in [2.75, 3.05) is 20.2 Å². The molecule has 0 saturated carbocycles. The highest BCUT2D eigenvalue weighted by Crippen LogP contribution is 2.27. The molecule has 2 aromatic carbocycles. The SMILES string of the molecule is CCOC(=O)c1cc(-c2cc(F)ccc2F)nc(-c2cccc(C#C[C@]3(O)CCN(C)C3=O)c2)n1. The molecule has 0 aliphatic carbocycles. The van der Waals surface area contributed by atoms with Crippen molar-refractivity contribution in [1.82, 2.24) is 14.9 Å². The quantitative estimate of drug-likeness (QED) is 0.458. The Bertz CT molecular complexity index is 1380. The molecule has 1 aromatic heterocycles. The molecular formula is C26H21F2N3O4. The Hall–Kier alpha value is -4.16. The summed E-state index contributed by atoms with van der Waals surface area (Å²) in [6.07, 6.45) is 0.197. The number of ether oxygens (including phenoxy) is 1. The minimum Gasteiger partial charge on any atom is -0.461 e. The van der Waals surface area contributed by atoms with Gasteiger partial charge in [0, 0.05) is 36.7 Å². The van der Waals surface area contributed by atoms with E-state index in [2.05, 4.69) is 21.8 Å². The van der Waals surface area contributed by atoms with Crippen molar-refractivity contribution in [1.29, 1.82) is 0 Å². The first-order valence-corrected chi connectivity index (χ1v) is 10.8. The van der Waals surface area contributed by atoms with Crippen molar-refractivity contribution in [3.8, 4) is 34.5 Å². The number of nitrogens with zero attached hydrogens (tertiary/aromatic N) is 3. The van der Waals surface area contributed by atoms with E-state index in [1.807, 2.05) is 0 Å². The number of likely N-dealkylation sites (N-methyl/N-ethyl adjacent to an activating group) is 1. The number of halogens is 2. The molecule has 1 atom stereocenters. The van der Waals surface area contributed by atoms with E-state index in [0.29, 0.717) is 17.7 Å². The van der Waals surface area contributed by atoms with Gasteiger partial charge in [0.15, 0.2) is 11.5 Å². The Morgan fingerprint density at radius 2 is 2.00 bits per heavy atom. The van der Waals surface area contributed by atoms with Crippen LogP contribution < -0.4 is 0 Å². The Kier molecular flexibility index (Phi) is 6.58. The Labute approximate surface area is 200 Å². The third-order valence-electron chi connectivity index (χ3n) is 5.46. The number of hydrogen-bond donors (Lipinski definition) is 1. The summed E-state index contributed by atoms with van der Waals surface area (Å²) in [5.74, 6) is 2.92. The average molecular weight is 477 g/mol. The number of likely N-dealkylation sites (tertiary alicyclic amines) is 1. The molecule has 1 aliphatic rings. The van der Waals surface area contributed by atoms with E-state index in [0.717, 1.165) is 18.2 Å². The van der Waals surface area contributed by atoms with Crippen molar-refractivity contribution in [2.24, 2.45) is 0 Å². The van der Waals surface area contributed by atoms with E-state index in [1.165, 1.54) is 11.0 Å². The highest BCUT2D eigenvalue weighted by Gasteiger charge is 2.42. The van der Waals surface area contributed by atoms with Gasteiger partial charge in [0.25, 0.3) is 5.91 Å². The predicted octanol–water partition coefficient (Wildman–Crippen LogP) is 3.21. The molecule has 4 rings (SSSR count). The van der Waals surface area contributed by atoms with E-state index >= 15 is 0 Å². The van der Waals surface area contributed by atoms with Gasteiger partial charge in [-0.3, -0.25) is 4.79 Å². The molecule has 1 saturated heterocycles. The molecule has 1 aliphatic heterocycles. The van der Waals surface area contributed by atoms with Crippen LogP contribution in [0.25, 0.3) is 22.6 Å². The number of esters is 1. The molecule has 0 spiro atoms. The zero-order valence-corrected chi connectivity index (χ0v) is 19.0. The normalized spacial score (nSPS) is 17.2. The van der Waals surface area contributed by atoms with Crippen LogP contribution in [0.2, 0.25) is 0 Å². The second kappa shape index (κ2) is 9.60. The van der Waals surface area contributed by atoms with E-state index in [-0.39, 0.29) is 35.8 Å². The summed E-state index contributed by atoms with van der Waals surface area (Å²) < 4.78 is 33.3. The molecule has 2 heterocycles. The zero-order valence-electron chi connectivity index (χ0n) is 19.0. The number of benzene rings is 2. The second-order valence-corrected chi connectivity index (χ2v) is 7.97. The summed E-state index contributed by atoms with van der Waals surface area (Å²) in [6.45, 7) is 2.14. The number of aliphatic hydroxyl groups is 1. The summed E-state index contributed by atoms with van der Waals surface area (Å²) in [5.41, 5.74) is -1.12. The first-order chi connectivity index (χ1) is 16.7. The fraction of sp³-hybridized carbons (Fsp3) is 0.231. The van der Waals surface area contributed by atoms with Crippen molar-refractivity contribution in [3.63, 3.8) is 0 Å². The van der Waals surface area contributed by atoms with Gasteiger partial charge in [-0.05, 0) is 43.3 Å². The van der Waals surface area contributed by atoms with E-state index in [4.69, 9.17) is 4.74 Å². The minimum atomic E-state index is -1.76. The lowest BCUT2D eigenvalue weighted by Crippen LogP contribution is -2.37. The molecule has 1 amide bonds. The molecule has 0 bridgehead atoms. The molecule has 0 unspecified atom stereocenters. The monoisotopic (exact) mass is 477 g/mol. The van der Waals surface area contributed by atoms with E-state index in [1.54, 1.807) is 38.2 Å². The van der Waals surface area contributed by atoms with Crippen LogP contribution in [0, 0.1) is 23.5 Å². The van der Waals surface area contributed by atoms with E-state index in [9.17, 15) is 23.5 Å². The Morgan fingerprint density at radius 1 is 1.20 bits per heavy atom. The minimum absolute atomic E-state index is 0.000408. The Morgan fingerprint density at radius 3 is 2.71 bits per heavy atom. The maximum absolute atomic E-state index is 14.5. The highest BCUT2D eigenvalue weighted by atomic mass is 19.1. The van der Waals surface area contributed by atoms with Crippen LogP contribution in [0.4, 0.5) is 8.78 Å². The third-order valence-corrected chi connectivity index (χ3v) is 5.46. The van der Waals surface area contributed by atoms with Crippen LogP contribution in [0.15, 0.2) is 48.5 Å². The molecular weight excluding hydrogens is 456 g/mol. The average Bonchev–Trinajstić information content (AvgIpc) is 3.12. The van der Waals surface area contributed by atoms with Gasteiger partial charge in [0.05, 0.1) is 12.3 Å². The number of carbonyl (C=O) groups excluding carboxylic acids is 2. The maximum Gasteiger partial charge on any atom is 0.357 e. The summed E-state index contributed by atoms with van der Waals surface area (Å²) in [5, 5.41) is 10.5.